The Hall–Kier alpha value is -5.66. The zero-order chi connectivity index (χ0) is 30.2. The van der Waals surface area contributed by atoms with E-state index in [4.69, 9.17) is 27.8 Å². The van der Waals surface area contributed by atoms with E-state index in [-0.39, 0.29) is 22.3 Å². The second-order valence-corrected chi connectivity index (χ2v) is 8.52. The molecule has 0 saturated carbocycles. The molecule has 212 valence electrons. The summed E-state index contributed by atoms with van der Waals surface area (Å²) in [4.78, 5) is 72.1. The fourth-order valence-electron chi connectivity index (χ4n) is 3.93. The molecule has 0 bridgehead atoms. The molecule has 0 radical (unpaired) electrons. The lowest BCUT2D eigenvalue weighted by atomic mass is 10.0. The average Bonchev–Trinajstić information content (AvgIpc) is 2.85. The van der Waals surface area contributed by atoms with E-state index in [1.807, 2.05) is 0 Å². The smallest absolute Gasteiger partial charge is 0.343 e. The number of benzene rings is 2. The first-order valence-electron chi connectivity index (χ1n) is 11.6. The van der Waals surface area contributed by atoms with Gasteiger partial charge in [0.25, 0.3) is 0 Å². The third kappa shape index (κ3) is 5.56. The molecule has 0 saturated heterocycles. The van der Waals surface area contributed by atoms with Gasteiger partial charge in [-0.25, -0.2) is 9.59 Å². The highest BCUT2D eigenvalue weighted by Crippen LogP contribution is 2.42. The van der Waals surface area contributed by atoms with Crippen LogP contribution in [0, 0.1) is 0 Å². The minimum atomic E-state index is -1.19. The Morgan fingerprint density at radius 3 is 1.27 bits per heavy atom. The Balaban J connectivity index is 1.90. The number of hydrogen-bond donors (Lipinski definition) is 2. The van der Waals surface area contributed by atoms with Crippen molar-refractivity contribution in [1.29, 1.82) is 0 Å². The monoisotopic (exact) mass is 568 g/mol. The van der Waals surface area contributed by atoms with Gasteiger partial charge in [-0.2, -0.15) is 0 Å². The molecular formula is C27H20O14. The standard InChI is InChI=1S/C27H20O14/c1-10(28)36-18-7-5-14-20(32)16(26(34)40-22(14)24(18)38-12(3)30)9-17-21(33)15-6-8-19(37-11(2)29)25(39-13(4)31)23(15)41-27(17)35/h5-8,32-33H,9H2,1-4H3. The maximum atomic E-state index is 12.9. The van der Waals surface area contributed by atoms with Crippen LogP contribution in [-0.2, 0) is 25.6 Å². The van der Waals surface area contributed by atoms with Gasteiger partial charge in [-0.05, 0) is 24.3 Å². The number of rotatable bonds is 6. The molecule has 0 aliphatic heterocycles. The zero-order valence-electron chi connectivity index (χ0n) is 21.8. The van der Waals surface area contributed by atoms with Crippen LogP contribution in [0.1, 0.15) is 38.8 Å². The van der Waals surface area contributed by atoms with E-state index >= 15 is 0 Å². The number of ether oxygens (including phenoxy) is 4. The molecule has 0 amide bonds. The largest absolute Gasteiger partial charge is 0.507 e. The van der Waals surface area contributed by atoms with E-state index in [0.717, 1.165) is 27.7 Å². The summed E-state index contributed by atoms with van der Waals surface area (Å²) in [5, 5.41) is 21.6. The lowest BCUT2D eigenvalue weighted by molar-refractivity contribution is -0.134. The van der Waals surface area contributed by atoms with Crippen LogP contribution in [0.4, 0.5) is 0 Å². The van der Waals surface area contributed by atoms with Crippen molar-refractivity contribution >= 4 is 45.8 Å². The van der Waals surface area contributed by atoms with Crippen LogP contribution in [-0.4, -0.2) is 34.1 Å². The fourth-order valence-corrected chi connectivity index (χ4v) is 3.93. The third-order valence-electron chi connectivity index (χ3n) is 5.47. The molecule has 41 heavy (non-hydrogen) atoms. The second kappa shape index (κ2) is 10.8. The molecular weight excluding hydrogens is 548 g/mol. The fraction of sp³-hybridized carbons (Fsp3) is 0.185. The molecule has 2 aromatic heterocycles. The first kappa shape index (κ1) is 28.4. The number of hydrogen-bond acceptors (Lipinski definition) is 14. The van der Waals surface area contributed by atoms with Crippen molar-refractivity contribution in [3.63, 3.8) is 0 Å². The molecule has 0 spiro atoms. The maximum Gasteiger partial charge on any atom is 0.343 e. The summed E-state index contributed by atoms with van der Waals surface area (Å²) in [6.45, 7) is 4.28. The van der Waals surface area contributed by atoms with Gasteiger partial charge in [0.1, 0.15) is 11.5 Å². The first-order chi connectivity index (χ1) is 19.3. The molecule has 4 rings (SSSR count). The molecule has 2 aromatic carbocycles. The zero-order valence-corrected chi connectivity index (χ0v) is 21.8. The molecule has 0 aliphatic rings. The van der Waals surface area contributed by atoms with Crippen molar-refractivity contribution in [2.45, 2.75) is 34.1 Å². The average molecular weight is 568 g/mol. The van der Waals surface area contributed by atoms with Gasteiger partial charge in [-0.15, -0.1) is 0 Å². The molecule has 14 heteroatoms. The Kier molecular flexibility index (Phi) is 7.50. The maximum absolute atomic E-state index is 12.9. The van der Waals surface area contributed by atoms with Crippen LogP contribution < -0.4 is 30.2 Å². The molecule has 2 heterocycles. The summed E-state index contributed by atoms with van der Waals surface area (Å²) >= 11 is 0. The van der Waals surface area contributed by atoms with Gasteiger partial charge < -0.3 is 38.0 Å². The number of carbonyl (C=O) groups is 4. The quantitative estimate of drug-likeness (QED) is 0.195. The second-order valence-electron chi connectivity index (χ2n) is 8.52. The molecule has 0 aliphatic carbocycles. The van der Waals surface area contributed by atoms with Gasteiger partial charge in [0.2, 0.25) is 11.5 Å². The highest BCUT2D eigenvalue weighted by Gasteiger charge is 2.26. The lowest BCUT2D eigenvalue weighted by Crippen LogP contribution is -2.16. The van der Waals surface area contributed by atoms with E-state index in [1.54, 1.807) is 0 Å². The predicted octanol–water partition coefficient (Wildman–Crippen LogP) is 2.60. The van der Waals surface area contributed by atoms with Gasteiger partial charge in [-0.3, -0.25) is 19.2 Å². The minimum Gasteiger partial charge on any atom is -0.507 e. The number of aromatic hydroxyl groups is 2. The predicted molar refractivity (Wildman–Crippen MR) is 136 cm³/mol. The number of esters is 4. The number of carbonyl (C=O) groups excluding carboxylic acids is 4. The van der Waals surface area contributed by atoms with Crippen LogP contribution in [0.3, 0.4) is 0 Å². The van der Waals surface area contributed by atoms with Crippen LogP contribution in [0.5, 0.6) is 34.5 Å². The third-order valence-corrected chi connectivity index (χ3v) is 5.47. The molecule has 4 aromatic rings. The Labute approximate surface area is 228 Å². The first-order valence-corrected chi connectivity index (χ1v) is 11.6. The van der Waals surface area contributed by atoms with Gasteiger partial charge in [-0.1, -0.05) is 0 Å². The molecule has 0 unspecified atom stereocenters. The van der Waals surface area contributed by atoms with Crippen molar-refractivity contribution in [1.82, 2.24) is 0 Å². The van der Waals surface area contributed by atoms with Crippen molar-refractivity contribution < 1.29 is 57.2 Å². The summed E-state index contributed by atoms with van der Waals surface area (Å²) < 4.78 is 30.6. The minimum absolute atomic E-state index is 0.153. The van der Waals surface area contributed by atoms with E-state index in [1.165, 1.54) is 24.3 Å². The SMILES string of the molecule is CC(=O)Oc1ccc2c(O)c(Cc3c(O)c4ccc(OC(C)=O)c(OC(C)=O)c4oc3=O)c(=O)oc2c1OC(C)=O. The summed E-state index contributed by atoms with van der Waals surface area (Å²) in [5.41, 5.74) is -4.19. The Morgan fingerprint density at radius 2 is 0.951 bits per heavy atom. The van der Waals surface area contributed by atoms with E-state index < -0.39 is 86.8 Å². The van der Waals surface area contributed by atoms with E-state index in [0.29, 0.717) is 0 Å². The highest BCUT2D eigenvalue weighted by atomic mass is 16.6. The Morgan fingerprint density at radius 1 is 0.610 bits per heavy atom. The highest BCUT2D eigenvalue weighted by molar-refractivity contribution is 5.95. The summed E-state index contributed by atoms with van der Waals surface area (Å²) in [6.07, 6.45) is -0.697. The van der Waals surface area contributed by atoms with Crippen molar-refractivity contribution in [3.8, 4) is 34.5 Å². The Bertz CT molecular complexity index is 1760. The lowest BCUT2D eigenvalue weighted by Gasteiger charge is -2.14. The van der Waals surface area contributed by atoms with Gasteiger partial charge in [0.05, 0.1) is 21.9 Å². The summed E-state index contributed by atoms with van der Waals surface area (Å²) in [5.74, 6) is -6.03. The normalized spacial score (nSPS) is 10.8. The van der Waals surface area contributed by atoms with Crippen LogP contribution >= 0.6 is 0 Å². The van der Waals surface area contributed by atoms with Crippen molar-refractivity contribution in [3.05, 3.63) is 56.2 Å². The molecule has 2 N–H and O–H groups in total. The number of fused-ring (bicyclic) bond motifs is 2. The van der Waals surface area contributed by atoms with Crippen LogP contribution in [0.15, 0.2) is 42.7 Å². The van der Waals surface area contributed by atoms with Crippen molar-refractivity contribution in [2.24, 2.45) is 0 Å². The van der Waals surface area contributed by atoms with Gasteiger partial charge in [0, 0.05) is 34.1 Å². The summed E-state index contributed by atoms with van der Waals surface area (Å²) in [7, 11) is 0. The topological polar surface area (TPSA) is 206 Å². The molecule has 0 atom stereocenters. The van der Waals surface area contributed by atoms with Gasteiger partial charge >= 0.3 is 35.1 Å². The van der Waals surface area contributed by atoms with Crippen LogP contribution in [0.25, 0.3) is 21.9 Å². The van der Waals surface area contributed by atoms with E-state index in [9.17, 15) is 39.0 Å². The molecule has 14 nitrogen and oxygen atoms in total. The van der Waals surface area contributed by atoms with Crippen molar-refractivity contribution in [2.75, 3.05) is 0 Å². The summed E-state index contributed by atoms with van der Waals surface area (Å²) in [6, 6.07) is 4.80. The van der Waals surface area contributed by atoms with Gasteiger partial charge in [0.15, 0.2) is 22.7 Å². The van der Waals surface area contributed by atoms with E-state index in [2.05, 4.69) is 0 Å². The molecule has 0 fully saturated rings. The van der Waals surface area contributed by atoms with Crippen LogP contribution in [0.2, 0.25) is 0 Å².